The van der Waals surface area contributed by atoms with Crippen LogP contribution in [0.15, 0.2) is 0 Å². The number of carbonyl (C=O) groups excluding carboxylic acids is 1. The third-order valence-corrected chi connectivity index (χ3v) is 3.30. The van der Waals surface area contributed by atoms with Crippen LogP contribution in [-0.2, 0) is 4.79 Å². The van der Waals surface area contributed by atoms with Crippen LogP contribution in [0.1, 0.15) is 51.9 Å². The van der Waals surface area contributed by atoms with Gasteiger partial charge in [-0.25, -0.2) is 0 Å². The second-order valence-electron chi connectivity index (χ2n) is 4.68. The zero-order chi connectivity index (χ0) is 11.8. The van der Waals surface area contributed by atoms with Crippen molar-refractivity contribution in [3.05, 3.63) is 0 Å². The molecule has 0 bridgehead atoms. The van der Waals surface area contributed by atoms with Gasteiger partial charge in [-0.3, -0.25) is 4.79 Å². The van der Waals surface area contributed by atoms with Crippen LogP contribution < -0.4 is 0 Å². The first-order valence-electron chi connectivity index (χ1n) is 6.42. The molecule has 3 nitrogen and oxygen atoms in total. The lowest BCUT2D eigenvalue weighted by Crippen LogP contribution is -2.33. The van der Waals surface area contributed by atoms with Gasteiger partial charge in [0.2, 0.25) is 5.91 Å². The van der Waals surface area contributed by atoms with Gasteiger partial charge in [0.05, 0.1) is 6.07 Å². The number of nitriles is 1. The smallest absolute Gasteiger partial charge is 0.223 e. The number of amides is 1. The predicted octanol–water partition coefficient (Wildman–Crippen LogP) is 2.72. The van der Waals surface area contributed by atoms with Crippen LogP contribution in [0.25, 0.3) is 0 Å². The number of nitrogens with zero attached hydrogens (tertiary/aromatic N) is 2. The Morgan fingerprint density at radius 2 is 2.06 bits per heavy atom. The molecule has 0 spiro atoms. The average Bonchev–Trinajstić information content (AvgIpc) is 2.30. The summed E-state index contributed by atoms with van der Waals surface area (Å²) >= 11 is 0. The van der Waals surface area contributed by atoms with Crippen molar-refractivity contribution in [3.63, 3.8) is 0 Å². The summed E-state index contributed by atoms with van der Waals surface area (Å²) in [5, 5.41) is 8.67. The molecule has 1 rings (SSSR count). The van der Waals surface area contributed by atoms with Crippen LogP contribution in [0.5, 0.6) is 0 Å². The van der Waals surface area contributed by atoms with Gasteiger partial charge in [-0.15, -0.1) is 0 Å². The SMILES string of the molecule is CCCN(CC#N)C(=O)CC1CCCCC1. The molecule has 1 fully saturated rings. The molecule has 0 aromatic heterocycles. The highest BCUT2D eigenvalue weighted by Crippen LogP contribution is 2.26. The minimum atomic E-state index is 0.176. The molecule has 0 N–H and O–H groups in total. The Morgan fingerprint density at radius 3 is 2.62 bits per heavy atom. The highest BCUT2D eigenvalue weighted by Gasteiger charge is 2.20. The molecule has 1 aliphatic rings. The van der Waals surface area contributed by atoms with Crippen molar-refractivity contribution < 1.29 is 4.79 Å². The minimum Gasteiger partial charge on any atom is -0.329 e. The van der Waals surface area contributed by atoms with Crippen molar-refractivity contribution in [3.8, 4) is 6.07 Å². The fourth-order valence-corrected chi connectivity index (χ4v) is 2.41. The standard InChI is InChI=1S/C13H22N2O/c1-2-9-15(10-8-14)13(16)11-12-6-4-3-5-7-12/h12H,2-7,9-11H2,1H3. The van der Waals surface area contributed by atoms with E-state index in [2.05, 4.69) is 6.07 Å². The quantitative estimate of drug-likeness (QED) is 0.671. The molecular formula is C13H22N2O. The van der Waals surface area contributed by atoms with Crippen LogP contribution in [-0.4, -0.2) is 23.9 Å². The van der Waals surface area contributed by atoms with Crippen LogP contribution >= 0.6 is 0 Å². The number of hydrogen-bond acceptors (Lipinski definition) is 2. The lowest BCUT2D eigenvalue weighted by atomic mass is 9.86. The molecule has 0 aliphatic heterocycles. The average molecular weight is 222 g/mol. The molecule has 0 radical (unpaired) electrons. The molecule has 0 heterocycles. The van der Waals surface area contributed by atoms with Crippen molar-refractivity contribution in [2.45, 2.75) is 51.9 Å². The van der Waals surface area contributed by atoms with Crippen molar-refractivity contribution >= 4 is 5.91 Å². The van der Waals surface area contributed by atoms with Gasteiger partial charge in [0.15, 0.2) is 0 Å². The molecule has 1 aliphatic carbocycles. The van der Waals surface area contributed by atoms with Crippen molar-refractivity contribution in [1.29, 1.82) is 5.26 Å². The topological polar surface area (TPSA) is 44.1 Å². The van der Waals surface area contributed by atoms with E-state index in [0.717, 1.165) is 13.0 Å². The fourth-order valence-electron chi connectivity index (χ4n) is 2.41. The zero-order valence-electron chi connectivity index (χ0n) is 10.2. The van der Waals surface area contributed by atoms with Gasteiger partial charge >= 0.3 is 0 Å². The first-order valence-corrected chi connectivity index (χ1v) is 6.42. The molecule has 0 atom stereocenters. The Bertz CT molecular complexity index is 251. The summed E-state index contributed by atoms with van der Waals surface area (Å²) in [4.78, 5) is 13.7. The van der Waals surface area contributed by atoms with E-state index in [1.165, 1.54) is 32.1 Å². The van der Waals surface area contributed by atoms with Crippen LogP contribution in [0.4, 0.5) is 0 Å². The highest BCUT2D eigenvalue weighted by atomic mass is 16.2. The van der Waals surface area contributed by atoms with Gasteiger partial charge in [0, 0.05) is 13.0 Å². The Morgan fingerprint density at radius 1 is 1.38 bits per heavy atom. The Kier molecular flexibility index (Phi) is 5.92. The van der Waals surface area contributed by atoms with E-state index in [9.17, 15) is 4.79 Å². The molecule has 0 unspecified atom stereocenters. The second-order valence-corrected chi connectivity index (χ2v) is 4.68. The van der Waals surface area contributed by atoms with Gasteiger partial charge in [0.25, 0.3) is 0 Å². The number of carbonyl (C=O) groups is 1. The monoisotopic (exact) mass is 222 g/mol. The molecule has 16 heavy (non-hydrogen) atoms. The van der Waals surface area contributed by atoms with E-state index >= 15 is 0 Å². The molecule has 0 saturated heterocycles. The molecule has 90 valence electrons. The van der Waals surface area contributed by atoms with Gasteiger partial charge < -0.3 is 4.90 Å². The summed E-state index contributed by atoms with van der Waals surface area (Å²) in [6.07, 6.45) is 7.83. The Balaban J connectivity index is 2.38. The summed E-state index contributed by atoms with van der Waals surface area (Å²) in [5.41, 5.74) is 0. The van der Waals surface area contributed by atoms with Crippen LogP contribution in [0, 0.1) is 17.2 Å². The first kappa shape index (κ1) is 13.0. The third kappa shape index (κ3) is 4.22. The van der Waals surface area contributed by atoms with Gasteiger partial charge in [0.1, 0.15) is 6.54 Å². The zero-order valence-corrected chi connectivity index (χ0v) is 10.2. The third-order valence-electron chi connectivity index (χ3n) is 3.30. The largest absolute Gasteiger partial charge is 0.329 e. The minimum absolute atomic E-state index is 0.176. The lowest BCUT2D eigenvalue weighted by molar-refractivity contribution is -0.131. The molecule has 0 aromatic carbocycles. The number of rotatable bonds is 5. The van der Waals surface area contributed by atoms with Gasteiger partial charge in [-0.1, -0.05) is 26.2 Å². The van der Waals surface area contributed by atoms with Gasteiger partial charge in [-0.2, -0.15) is 5.26 Å². The Labute approximate surface area is 98.4 Å². The summed E-state index contributed by atoms with van der Waals surface area (Å²) in [7, 11) is 0. The molecule has 1 amide bonds. The first-order chi connectivity index (χ1) is 7.77. The lowest BCUT2D eigenvalue weighted by Gasteiger charge is -2.25. The van der Waals surface area contributed by atoms with E-state index in [-0.39, 0.29) is 12.5 Å². The van der Waals surface area contributed by atoms with Crippen LogP contribution in [0.3, 0.4) is 0 Å². The normalized spacial score (nSPS) is 16.8. The van der Waals surface area contributed by atoms with E-state index in [1.807, 2.05) is 6.92 Å². The summed E-state index contributed by atoms with van der Waals surface area (Å²) in [6, 6.07) is 2.08. The second kappa shape index (κ2) is 7.27. The molecule has 3 heteroatoms. The van der Waals surface area contributed by atoms with Gasteiger partial charge in [-0.05, 0) is 25.2 Å². The van der Waals surface area contributed by atoms with E-state index in [0.29, 0.717) is 12.3 Å². The Hall–Kier alpha value is -1.04. The summed E-state index contributed by atoms with van der Waals surface area (Å²) < 4.78 is 0. The predicted molar refractivity (Wildman–Crippen MR) is 63.7 cm³/mol. The molecule has 0 aromatic rings. The van der Waals surface area contributed by atoms with Crippen molar-refractivity contribution in [2.24, 2.45) is 5.92 Å². The maximum atomic E-state index is 12.0. The fraction of sp³-hybridized carbons (Fsp3) is 0.846. The van der Waals surface area contributed by atoms with E-state index in [4.69, 9.17) is 5.26 Å². The number of hydrogen-bond donors (Lipinski definition) is 0. The highest BCUT2D eigenvalue weighted by molar-refractivity contribution is 5.76. The van der Waals surface area contributed by atoms with E-state index in [1.54, 1.807) is 4.90 Å². The summed E-state index contributed by atoms with van der Waals surface area (Å²) in [6.45, 7) is 3.01. The van der Waals surface area contributed by atoms with Crippen molar-refractivity contribution in [1.82, 2.24) is 4.90 Å². The van der Waals surface area contributed by atoms with Crippen molar-refractivity contribution in [2.75, 3.05) is 13.1 Å². The van der Waals surface area contributed by atoms with Crippen LogP contribution in [0.2, 0.25) is 0 Å². The maximum Gasteiger partial charge on any atom is 0.223 e. The molecular weight excluding hydrogens is 200 g/mol. The van der Waals surface area contributed by atoms with E-state index < -0.39 is 0 Å². The maximum absolute atomic E-state index is 12.0. The molecule has 1 saturated carbocycles. The summed E-state index contributed by atoms with van der Waals surface area (Å²) in [5.74, 6) is 0.745.